The highest BCUT2D eigenvalue weighted by atomic mass is 32.1. The van der Waals surface area contributed by atoms with Crippen molar-refractivity contribution in [2.75, 3.05) is 6.54 Å². The highest BCUT2D eigenvalue weighted by Crippen LogP contribution is 2.35. The molecular weight excluding hydrogens is 314 g/mol. The van der Waals surface area contributed by atoms with Gasteiger partial charge < -0.3 is 5.73 Å². The number of rotatable bonds is 5. The summed E-state index contributed by atoms with van der Waals surface area (Å²) >= 11 is 1.66. The van der Waals surface area contributed by atoms with Crippen molar-refractivity contribution in [3.63, 3.8) is 0 Å². The number of hydrogen-bond acceptors (Lipinski definition) is 5. The Hall–Kier alpha value is -2.25. The van der Waals surface area contributed by atoms with E-state index in [0.717, 1.165) is 19.4 Å². The summed E-state index contributed by atoms with van der Waals surface area (Å²) in [6.07, 6.45) is 2.14. The number of carbonyl (C=O) groups is 1. The van der Waals surface area contributed by atoms with E-state index < -0.39 is 10.8 Å². The molecule has 0 saturated carbocycles. The first-order chi connectivity index (χ1) is 11.1. The van der Waals surface area contributed by atoms with Crippen molar-refractivity contribution in [3.8, 4) is 0 Å². The van der Waals surface area contributed by atoms with Gasteiger partial charge >= 0.3 is 0 Å². The van der Waals surface area contributed by atoms with E-state index in [0.29, 0.717) is 18.2 Å². The van der Waals surface area contributed by atoms with Crippen molar-refractivity contribution in [2.45, 2.75) is 25.4 Å². The van der Waals surface area contributed by atoms with Crippen LogP contribution in [0.15, 0.2) is 35.0 Å². The summed E-state index contributed by atoms with van der Waals surface area (Å²) in [6.45, 7) is 1.41. The van der Waals surface area contributed by atoms with Crippen LogP contribution in [0.3, 0.4) is 0 Å². The van der Waals surface area contributed by atoms with Gasteiger partial charge in [-0.05, 0) is 47.8 Å². The fourth-order valence-electron chi connectivity index (χ4n) is 3.10. The molecule has 1 aromatic carbocycles. The van der Waals surface area contributed by atoms with Crippen LogP contribution in [0.4, 0.5) is 5.69 Å². The average molecular weight is 331 g/mol. The minimum absolute atomic E-state index is 0.0442. The molecule has 2 N–H and O–H groups in total. The second-order valence-electron chi connectivity index (χ2n) is 5.65. The van der Waals surface area contributed by atoms with Gasteiger partial charge in [0.15, 0.2) is 0 Å². The second kappa shape index (κ2) is 6.47. The topological polar surface area (TPSA) is 89.5 Å². The van der Waals surface area contributed by atoms with Crippen LogP contribution in [0.2, 0.25) is 0 Å². The Labute approximate surface area is 137 Å². The first-order valence-corrected chi connectivity index (χ1v) is 8.34. The van der Waals surface area contributed by atoms with Crippen LogP contribution in [0.5, 0.6) is 0 Å². The maximum absolute atomic E-state index is 11.3. The monoisotopic (exact) mass is 331 g/mol. The van der Waals surface area contributed by atoms with Gasteiger partial charge in [-0.1, -0.05) is 6.07 Å². The predicted molar refractivity (Wildman–Crippen MR) is 88.3 cm³/mol. The summed E-state index contributed by atoms with van der Waals surface area (Å²) < 4.78 is 0. The lowest BCUT2D eigenvalue weighted by Gasteiger charge is -2.24. The van der Waals surface area contributed by atoms with E-state index in [4.69, 9.17) is 5.73 Å². The van der Waals surface area contributed by atoms with Gasteiger partial charge in [-0.3, -0.25) is 19.8 Å². The lowest BCUT2D eigenvalue weighted by atomic mass is 10.1. The molecule has 2 aromatic rings. The van der Waals surface area contributed by atoms with Crippen molar-refractivity contribution in [1.29, 1.82) is 0 Å². The summed E-state index contributed by atoms with van der Waals surface area (Å²) in [5.41, 5.74) is 7.21. The highest BCUT2D eigenvalue weighted by Gasteiger charge is 2.28. The summed E-state index contributed by atoms with van der Waals surface area (Å²) in [7, 11) is 0. The molecule has 1 saturated heterocycles. The molecule has 1 aliphatic heterocycles. The largest absolute Gasteiger partial charge is 0.366 e. The number of amides is 1. The Balaban J connectivity index is 1.87. The molecule has 6 nitrogen and oxygen atoms in total. The molecule has 0 bridgehead atoms. The molecule has 1 aliphatic rings. The third-order valence-electron chi connectivity index (χ3n) is 4.23. The van der Waals surface area contributed by atoms with Crippen LogP contribution in [0, 0.1) is 10.1 Å². The molecule has 0 spiro atoms. The number of nitro benzene ring substituents is 1. The van der Waals surface area contributed by atoms with Gasteiger partial charge in [0.2, 0.25) is 5.91 Å². The van der Waals surface area contributed by atoms with Crippen LogP contribution in [0.25, 0.3) is 0 Å². The van der Waals surface area contributed by atoms with E-state index >= 15 is 0 Å². The zero-order chi connectivity index (χ0) is 16.4. The van der Waals surface area contributed by atoms with Crippen LogP contribution < -0.4 is 5.73 Å². The standard InChI is InChI=1S/C16H17N3O3S/c17-16(20)11-3-4-12(15(8-11)19(21)22)9-18-6-1-2-14(18)13-5-7-23-10-13/h3-5,7-8,10,14H,1-2,6,9H2,(H2,17,20). The minimum Gasteiger partial charge on any atom is -0.366 e. The van der Waals surface area contributed by atoms with Crippen molar-refractivity contribution < 1.29 is 9.72 Å². The van der Waals surface area contributed by atoms with Crippen LogP contribution in [-0.4, -0.2) is 22.3 Å². The fraction of sp³-hybridized carbons (Fsp3) is 0.312. The molecule has 0 aliphatic carbocycles. The molecule has 120 valence electrons. The SMILES string of the molecule is NC(=O)c1ccc(CN2CCCC2c2ccsc2)c([N+](=O)[O-])c1. The van der Waals surface area contributed by atoms with E-state index in [2.05, 4.69) is 21.7 Å². The van der Waals surface area contributed by atoms with Crippen molar-refractivity contribution in [1.82, 2.24) is 4.90 Å². The van der Waals surface area contributed by atoms with Gasteiger partial charge in [0.05, 0.1) is 4.92 Å². The molecule has 23 heavy (non-hydrogen) atoms. The maximum Gasteiger partial charge on any atom is 0.274 e. The van der Waals surface area contributed by atoms with Gasteiger partial charge in [0.1, 0.15) is 0 Å². The number of likely N-dealkylation sites (tertiary alicyclic amines) is 1. The highest BCUT2D eigenvalue weighted by molar-refractivity contribution is 7.07. The molecule has 3 rings (SSSR count). The predicted octanol–water partition coefficient (Wildman–Crippen LogP) is 3.09. The van der Waals surface area contributed by atoms with Crippen LogP contribution >= 0.6 is 11.3 Å². The minimum atomic E-state index is -0.656. The number of hydrogen-bond donors (Lipinski definition) is 1. The number of nitrogens with zero attached hydrogens (tertiary/aromatic N) is 2. The third-order valence-corrected chi connectivity index (χ3v) is 4.93. The number of primary amides is 1. The molecule has 0 radical (unpaired) electrons. The normalized spacial score (nSPS) is 18.2. The van der Waals surface area contributed by atoms with E-state index in [9.17, 15) is 14.9 Å². The van der Waals surface area contributed by atoms with E-state index in [1.807, 2.05) is 0 Å². The van der Waals surface area contributed by atoms with E-state index in [-0.39, 0.29) is 11.3 Å². The van der Waals surface area contributed by atoms with Crippen molar-refractivity contribution in [2.24, 2.45) is 5.73 Å². The van der Waals surface area contributed by atoms with E-state index in [1.165, 1.54) is 11.6 Å². The molecule has 7 heteroatoms. The zero-order valence-electron chi connectivity index (χ0n) is 12.5. The average Bonchev–Trinajstić information content (AvgIpc) is 3.17. The van der Waals surface area contributed by atoms with Crippen LogP contribution in [-0.2, 0) is 6.54 Å². The summed E-state index contributed by atoms with van der Waals surface area (Å²) in [5, 5.41) is 15.5. The van der Waals surface area contributed by atoms with E-state index in [1.54, 1.807) is 23.5 Å². The van der Waals surface area contributed by atoms with Gasteiger partial charge in [-0.2, -0.15) is 11.3 Å². The summed E-state index contributed by atoms with van der Waals surface area (Å²) in [4.78, 5) is 24.4. The number of nitro groups is 1. The Morgan fingerprint density at radius 2 is 2.26 bits per heavy atom. The quantitative estimate of drug-likeness (QED) is 0.673. The molecular formula is C16H17N3O3S. The molecule has 1 atom stereocenters. The Kier molecular flexibility index (Phi) is 4.40. The van der Waals surface area contributed by atoms with Gasteiger partial charge in [-0.25, -0.2) is 0 Å². The molecule has 1 amide bonds. The maximum atomic E-state index is 11.3. The van der Waals surface area contributed by atoms with Gasteiger partial charge in [0.25, 0.3) is 5.69 Å². The van der Waals surface area contributed by atoms with Crippen molar-refractivity contribution >= 4 is 22.9 Å². The number of nitrogens with two attached hydrogens (primary N) is 1. The number of benzene rings is 1. The molecule has 1 aromatic heterocycles. The fourth-order valence-corrected chi connectivity index (χ4v) is 3.80. The summed E-state index contributed by atoms with van der Waals surface area (Å²) in [6, 6.07) is 6.88. The Morgan fingerprint density at radius 3 is 2.91 bits per heavy atom. The molecule has 1 unspecified atom stereocenters. The first kappa shape index (κ1) is 15.6. The zero-order valence-corrected chi connectivity index (χ0v) is 13.3. The molecule has 2 heterocycles. The van der Waals surface area contributed by atoms with Crippen LogP contribution in [0.1, 0.15) is 40.4 Å². The Morgan fingerprint density at radius 1 is 1.43 bits per heavy atom. The lowest BCUT2D eigenvalue weighted by Crippen LogP contribution is -2.23. The smallest absolute Gasteiger partial charge is 0.274 e. The second-order valence-corrected chi connectivity index (χ2v) is 6.43. The van der Waals surface area contributed by atoms with Crippen molar-refractivity contribution in [3.05, 3.63) is 61.8 Å². The lowest BCUT2D eigenvalue weighted by molar-refractivity contribution is -0.385. The number of thiophene rings is 1. The first-order valence-electron chi connectivity index (χ1n) is 7.39. The van der Waals surface area contributed by atoms with Gasteiger partial charge in [0, 0.05) is 29.8 Å². The Bertz CT molecular complexity index is 730. The van der Waals surface area contributed by atoms with Gasteiger partial charge in [-0.15, -0.1) is 0 Å². The third kappa shape index (κ3) is 3.25. The number of carbonyl (C=O) groups excluding carboxylic acids is 1. The summed E-state index contributed by atoms with van der Waals surface area (Å²) in [5.74, 6) is -0.656. The molecule has 1 fully saturated rings.